The van der Waals surface area contributed by atoms with E-state index >= 15 is 0 Å². The van der Waals surface area contributed by atoms with Crippen molar-refractivity contribution in [3.8, 4) is 0 Å². The number of anilines is 2. The third-order valence-electron chi connectivity index (χ3n) is 4.63. The van der Waals surface area contributed by atoms with Gasteiger partial charge in [0, 0.05) is 11.8 Å². The molecule has 0 aromatic heterocycles. The molecule has 0 unspecified atom stereocenters. The Balaban J connectivity index is 1.63. The molecule has 2 amide bonds. The van der Waals surface area contributed by atoms with Crippen molar-refractivity contribution in [3.63, 3.8) is 0 Å². The van der Waals surface area contributed by atoms with E-state index in [1.165, 1.54) is 0 Å². The van der Waals surface area contributed by atoms with Gasteiger partial charge in [-0.15, -0.1) is 0 Å². The first kappa shape index (κ1) is 17.7. The molecule has 2 heterocycles. The van der Waals surface area contributed by atoms with E-state index in [0.29, 0.717) is 11.4 Å². The number of thioether (sulfide) groups is 2. The first-order valence-electron chi connectivity index (χ1n) is 8.60. The Bertz CT molecular complexity index is 531. The second-order valence-corrected chi connectivity index (χ2v) is 8.75. The Labute approximate surface area is 151 Å². The lowest BCUT2D eigenvalue weighted by Crippen LogP contribution is -2.28. The highest BCUT2D eigenvalue weighted by molar-refractivity contribution is 7.99. The molecule has 0 spiro atoms. The molecule has 1 aromatic rings. The molecule has 1 aromatic carbocycles. The van der Waals surface area contributed by atoms with Crippen LogP contribution in [-0.4, -0.2) is 34.8 Å². The van der Waals surface area contributed by atoms with Gasteiger partial charge in [-0.1, -0.05) is 12.1 Å². The largest absolute Gasteiger partial charge is 0.324 e. The van der Waals surface area contributed by atoms with E-state index in [1.54, 1.807) is 0 Å². The summed E-state index contributed by atoms with van der Waals surface area (Å²) in [6.07, 6.45) is 3.74. The predicted molar refractivity (Wildman–Crippen MR) is 104 cm³/mol. The molecule has 2 saturated heterocycles. The number of amides is 2. The summed E-state index contributed by atoms with van der Waals surface area (Å²) in [5, 5.41) is 6.04. The third-order valence-corrected chi connectivity index (χ3v) is 6.72. The van der Waals surface area contributed by atoms with Gasteiger partial charge in [-0.3, -0.25) is 9.59 Å². The molecule has 0 bridgehead atoms. The van der Waals surface area contributed by atoms with Gasteiger partial charge < -0.3 is 10.6 Å². The fourth-order valence-corrected chi connectivity index (χ4v) is 5.30. The third kappa shape index (κ3) is 4.70. The summed E-state index contributed by atoms with van der Waals surface area (Å²) >= 11 is 3.82. The molecule has 24 heavy (non-hydrogen) atoms. The number of carbonyl (C=O) groups is 2. The van der Waals surface area contributed by atoms with Gasteiger partial charge in [0.1, 0.15) is 0 Å². The van der Waals surface area contributed by atoms with Gasteiger partial charge in [0.15, 0.2) is 0 Å². The van der Waals surface area contributed by atoms with Crippen LogP contribution in [0.25, 0.3) is 0 Å². The molecule has 2 N–H and O–H groups in total. The quantitative estimate of drug-likeness (QED) is 0.852. The van der Waals surface area contributed by atoms with Gasteiger partial charge in [0.25, 0.3) is 0 Å². The zero-order valence-electron chi connectivity index (χ0n) is 13.8. The van der Waals surface area contributed by atoms with E-state index in [2.05, 4.69) is 10.6 Å². The summed E-state index contributed by atoms with van der Waals surface area (Å²) in [5.74, 6) is 4.53. The van der Waals surface area contributed by atoms with Crippen molar-refractivity contribution in [2.24, 2.45) is 11.8 Å². The van der Waals surface area contributed by atoms with Gasteiger partial charge in [-0.25, -0.2) is 0 Å². The zero-order chi connectivity index (χ0) is 16.8. The second-order valence-electron chi connectivity index (χ2n) is 6.30. The van der Waals surface area contributed by atoms with Crippen LogP contribution < -0.4 is 10.6 Å². The number of benzene rings is 1. The van der Waals surface area contributed by atoms with E-state index < -0.39 is 0 Å². The highest BCUT2D eigenvalue weighted by Gasteiger charge is 2.24. The molecule has 2 aliphatic rings. The van der Waals surface area contributed by atoms with Gasteiger partial charge in [-0.05, 0) is 60.8 Å². The smallest absolute Gasteiger partial charge is 0.227 e. The normalized spacial score (nSPS) is 19.7. The lowest BCUT2D eigenvalue weighted by molar-refractivity contribution is -0.121. The fourth-order valence-electron chi connectivity index (χ4n) is 3.09. The minimum Gasteiger partial charge on any atom is -0.324 e. The summed E-state index contributed by atoms with van der Waals surface area (Å²) < 4.78 is 0. The lowest BCUT2D eigenvalue weighted by Gasteiger charge is -2.23. The van der Waals surface area contributed by atoms with E-state index in [1.807, 2.05) is 47.8 Å². The van der Waals surface area contributed by atoms with Crippen molar-refractivity contribution in [2.75, 3.05) is 33.6 Å². The number of hydrogen-bond donors (Lipinski definition) is 2. The highest BCUT2D eigenvalue weighted by atomic mass is 32.2. The number of hydrogen-bond acceptors (Lipinski definition) is 4. The molecular weight excluding hydrogens is 340 g/mol. The molecule has 2 fully saturated rings. The van der Waals surface area contributed by atoms with Gasteiger partial charge in [-0.2, -0.15) is 23.5 Å². The van der Waals surface area contributed by atoms with E-state index in [0.717, 1.165) is 48.7 Å². The summed E-state index contributed by atoms with van der Waals surface area (Å²) in [4.78, 5) is 24.9. The SMILES string of the molecule is O=C(Nc1ccccc1NC(=O)C1CCSCC1)C1CCSCC1. The zero-order valence-corrected chi connectivity index (χ0v) is 15.4. The molecule has 6 heteroatoms. The topological polar surface area (TPSA) is 58.2 Å². The molecule has 0 aliphatic carbocycles. The molecular formula is C18H24N2O2S2. The summed E-state index contributed by atoms with van der Waals surface area (Å²) in [6, 6.07) is 7.50. The molecule has 2 aliphatic heterocycles. The fraction of sp³-hybridized carbons (Fsp3) is 0.556. The molecule has 4 nitrogen and oxygen atoms in total. The Hall–Kier alpha value is -1.14. The van der Waals surface area contributed by atoms with Crippen LogP contribution in [0, 0.1) is 11.8 Å². The van der Waals surface area contributed by atoms with Crippen LogP contribution in [-0.2, 0) is 9.59 Å². The maximum Gasteiger partial charge on any atom is 0.227 e. The molecule has 3 rings (SSSR count). The number of nitrogens with one attached hydrogen (secondary N) is 2. The summed E-state index contributed by atoms with van der Waals surface area (Å²) in [7, 11) is 0. The predicted octanol–water partition coefficient (Wildman–Crippen LogP) is 3.85. The maximum absolute atomic E-state index is 12.5. The van der Waals surface area contributed by atoms with Crippen LogP contribution in [0.2, 0.25) is 0 Å². The number of rotatable bonds is 4. The first-order chi connectivity index (χ1) is 11.7. The molecule has 130 valence electrons. The van der Waals surface area contributed by atoms with Gasteiger partial charge in [0.05, 0.1) is 11.4 Å². The highest BCUT2D eigenvalue weighted by Crippen LogP contribution is 2.28. The Morgan fingerprint density at radius 1 is 0.750 bits per heavy atom. The molecule has 0 saturated carbocycles. The second kappa shape index (κ2) is 8.81. The van der Waals surface area contributed by atoms with Crippen LogP contribution in [0.5, 0.6) is 0 Å². The standard InChI is InChI=1S/C18H24N2O2S2/c21-17(13-5-9-23-10-6-13)19-15-3-1-2-4-16(15)20-18(22)14-7-11-24-12-8-14/h1-4,13-14H,5-12H2,(H,19,21)(H,20,22). The Kier molecular flexibility index (Phi) is 6.49. The van der Waals surface area contributed by atoms with Gasteiger partial charge in [0.2, 0.25) is 11.8 Å². The maximum atomic E-state index is 12.5. The summed E-state index contributed by atoms with van der Waals surface area (Å²) in [5.41, 5.74) is 1.42. The van der Waals surface area contributed by atoms with Crippen LogP contribution in [0.15, 0.2) is 24.3 Å². The summed E-state index contributed by atoms with van der Waals surface area (Å²) in [6.45, 7) is 0. The Morgan fingerprint density at radius 3 is 1.50 bits per heavy atom. The van der Waals surface area contributed by atoms with Crippen LogP contribution in [0.4, 0.5) is 11.4 Å². The van der Waals surface area contributed by atoms with Crippen LogP contribution in [0.3, 0.4) is 0 Å². The molecule has 0 atom stereocenters. The average Bonchev–Trinajstić information content (AvgIpc) is 2.64. The first-order valence-corrected chi connectivity index (χ1v) is 10.9. The van der Waals surface area contributed by atoms with Crippen LogP contribution in [0.1, 0.15) is 25.7 Å². The van der Waals surface area contributed by atoms with Crippen molar-refractivity contribution in [2.45, 2.75) is 25.7 Å². The van der Waals surface area contributed by atoms with Crippen LogP contribution >= 0.6 is 23.5 Å². The van der Waals surface area contributed by atoms with Crippen molar-refractivity contribution < 1.29 is 9.59 Å². The van der Waals surface area contributed by atoms with E-state index in [9.17, 15) is 9.59 Å². The molecule has 0 radical (unpaired) electrons. The average molecular weight is 365 g/mol. The van der Waals surface area contributed by atoms with Gasteiger partial charge >= 0.3 is 0 Å². The monoisotopic (exact) mass is 364 g/mol. The van der Waals surface area contributed by atoms with Crippen molar-refractivity contribution in [1.29, 1.82) is 0 Å². The lowest BCUT2D eigenvalue weighted by atomic mass is 10.0. The Morgan fingerprint density at radius 2 is 1.12 bits per heavy atom. The van der Waals surface area contributed by atoms with Crippen molar-refractivity contribution in [3.05, 3.63) is 24.3 Å². The minimum absolute atomic E-state index is 0.0751. The van der Waals surface area contributed by atoms with Crippen molar-refractivity contribution in [1.82, 2.24) is 0 Å². The van der Waals surface area contributed by atoms with E-state index in [-0.39, 0.29) is 23.7 Å². The minimum atomic E-state index is 0.0751. The number of para-hydroxylation sites is 2. The van der Waals surface area contributed by atoms with E-state index in [4.69, 9.17) is 0 Å². The van der Waals surface area contributed by atoms with Crippen molar-refractivity contribution >= 4 is 46.7 Å². The number of carbonyl (C=O) groups excluding carboxylic acids is 2.